The van der Waals surface area contributed by atoms with Crippen molar-refractivity contribution in [3.05, 3.63) is 0 Å². The molecule has 0 aliphatic heterocycles. The van der Waals surface area contributed by atoms with Gasteiger partial charge in [0.05, 0.1) is 6.61 Å². The molecule has 302 valence electrons. The molecule has 0 radical (unpaired) electrons. The van der Waals surface area contributed by atoms with E-state index in [-0.39, 0.29) is 30.8 Å². The molecule has 0 aromatic carbocycles. The van der Waals surface area contributed by atoms with Crippen molar-refractivity contribution in [3.8, 4) is 0 Å². The van der Waals surface area contributed by atoms with Crippen LogP contribution in [0.5, 0.6) is 0 Å². The molecule has 0 bridgehead atoms. The minimum Gasteiger partial charge on any atom is -0.462 e. The third-order valence-corrected chi connectivity index (χ3v) is 11.2. The van der Waals surface area contributed by atoms with E-state index in [0.29, 0.717) is 12.8 Å². The van der Waals surface area contributed by atoms with E-state index in [9.17, 15) is 14.7 Å². The normalized spacial score (nSPS) is 16.3. The first-order valence-electron chi connectivity index (χ1n) is 22.7. The van der Waals surface area contributed by atoms with Crippen molar-refractivity contribution in [1.82, 2.24) is 4.90 Å². The number of nitrogens with zero attached hydrogens (tertiary/aromatic N) is 1. The molecular formula is C45H87NO5. The van der Waals surface area contributed by atoms with Crippen LogP contribution in [0.3, 0.4) is 0 Å². The summed E-state index contributed by atoms with van der Waals surface area (Å²) >= 11 is 0. The zero-order chi connectivity index (χ0) is 37.0. The number of carbonyl (C=O) groups excluding carboxylic acids is 2. The van der Waals surface area contributed by atoms with Crippen LogP contribution in [0.25, 0.3) is 0 Å². The number of unbranched alkanes of at least 4 members (excludes halogenated alkanes) is 19. The molecule has 0 heterocycles. The summed E-state index contributed by atoms with van der Waals surface area (Å²) in [6.45, 7) is 9.75. The lowest BCUT2D eigenvalue weighted by atomic mass is 9.84. The summed E-state index contributed by atoms with van der Waals surface area (Å²) in [4.78, 5) is 27.5. The van der Waals surface area contributed by atoms with E-state index >= 15 is 0 Å². The van der Waals surface area contributed by atoms with Gasteiger partial charge in [0.15, 0.2) is 0 Å². The second-order valence-corrected chi connectivity index (χ2v) is 16.1. The number of hydrogen-bond donors (Lipinski definition) is 1. The zero-order valence-electron chi connectivity index (χ0n) is 34.4. The van der Waals surface area contributed by atoms with Gasteiger partial charge in [-0.25, -0.2) is 0 Å². The predicted molar refractivity (Wildman–Crippen MR) is 216 cm³/mol. The van der Waals surface area contributed by atoms with Crippen LogP contribution in [0.1, 0.15) is 233 Å². The van der Waals surface area contributed by atoms with Crippen molar-refractivity contribution < 1.29 is 24.2 Å². The molecule has 1 saturated carbocycles. The highest BCUT2D eigenvalue weighted by molar-refractivity contribution is 5.69. The molecule has 0 saturated heterocycles. The average molecular weight is 722 g/mol. The van der Waals surface area contributed by atoms with Gasteiger partial charge in [0, 0.05) is 19.4 Å². The Morgan fingerprint density at radius 1 is 0.549 bits per heavy atom. The van der Waals surface area contributed by atoms with E-state index in [1.54, 1.807) is 0 Å². The molecule has 1 aliphatic carbocycles. The minimum absolute atomic E-state index is 0.000535. The number of ether oxygens (including phenoxy) is 2. The number of aliphatic hydroxyl groups excluding tert-OH is 1. The quantitative estimate of drug-likeness (QED) is 0.0508. The lowest BCUT2D eigenvalue weighted by molar-refractivity contribution is -0.151. The maximum absolute atomic E-state index is 12.7. The van der Waals surface area contributed by atoms with Crippen LogP contribution in [0.4, 0.5) is 0 Å². The summed E-state index contributed by atoms with van der Waals surface area (Å²) < 4.78 is 11.8. The summed E-state index contributed by atoms with van der Waals surface area (Å²) in [7, 11) is 0. The van der Waals surface area contributed by atoms with E-state index in [4.69, 9.17) is 9.47 Å². The summed E-state index contributed by atoms with van der Waals surface area (Å²) in [5, 5.41) is 9.57. The van der Waals surface area contributed by atoms with Gasteiger partial charge in [-0.3, -0.25) is 9.59 Å². The second kappa shape index (κ2) is 35.9. The average Bonchev–Trinajstić information content (AvgIpc) is 3.12. The maximum atomic E-state index is 12.7. The second-order valence-electron chi connectivity index (χ2n) is 16.1. The first-order valence-corrected chi connectivity index (χ1v) is 22.7. The third-order valence-electron chi connectivity index (χ3n) is 11.2. The molecule has 1 N–H and O–H groups in total. The number of aliphatic hydroxyl groups is 1. The molecule has 0 amide bonds. The van der Waals surface area contributed by atoms with Crippen molar-refractivity contribution in [3.63, 3.8) is 0 Å². The highest BCUT2D eigenvalue weighted by Crippen LogP contribution is 2.30. The van der Waals surface area contributed by atoms with Crippen molar-refractivity contribution in [2.45, 2.75) is 245 Å². The van der Waals surface area contributed by atoms with Gasteiger partial charge in [0.25, 0.3) is 0 Å². The molecule has 0 unspecified atom stereocenters. The first-order chi connectivity index (χ1) is 25.0. The molecule has 0 spiro atoms. The molecule has 1 aliphatic rings. The topological polar surface area (TPSA) is 76.1 Å². The van der Waals surface area contributed by atoms with E-state index in [0.717, 1.165) is 109 Å². The zero-order valence-corrected chi connectivity index (χ0v) is 34.4. The van der Waals surface area contributed by atoms with Gasteiger partial charge in [-0.2, -0.15) is 0 Å². The lowest BCUT2D eigenvalue weighted by Crippen LogP contribution is -2.29. The van der Waals surface area contributed by atoms with E-state index in [2.05, 4.69) is 25.7 Å². The fourth-order valence-electron chi connectivity index (χ4n) is 7.85. The predicted octanol–water partition coefficient (Wildman–Crippen LogP) is 12.7. The van der Waals surface area contributed by atoms with E-state index in [1.807, 2.05) is 0 Å². The van der Waals surface area contributed by atoms with E-state index < -0.39 is 0 Å². The van der Waals surface area contributed by atoms with Crippen LogP contribution in [0, 0.1) is 5.92 Å². The van der Waals surface area contributed by atoms with Gasteiger partial charge in [-0.1, -0.05) is 143 Å². The van der Waals surface area contributed by atoms with Gasteiger partial charge in [-0.15, -0.1) is 0 Å². The van der Waals surface area contributed by atoms with Crippen LogP contribution in [-0.2, 0) is 19.1 Å². The SMILES string of the molecule is CCCCCCCCC(CCCCCCCC)OC(=O)CCCCCCCN(CCO)CCCCCCC(=O)OC1CCC(CCCCC)CC1. The fraction of sp³-hybridized carbons (Fsp3) is 0.956. The number of hydrogen-bond acceptors (Lipinski definition) is 6. The molecule has 6 nitrogen and oxygen atoms in total. The van der Waals surface area contributed by atoms with Crippen LogP contribution in [-0.4, -0.2) is 60.4 Å². The van der Waals surface area contributed by atoms with Gasteiger partial charge >= 0.3 is 11.9 Å². The molecule has 1 rings (SSSR count). The smallest absolute Gasteiger partial charge is 0.306 e. The standard InChI is InChI=1S/C45H87NO5/c1-4-7-10-12-15-22-29-42(30-23-16-13-11-8-5-2)50-44(48)31-24-17-14-19-26-37-46(39-40-47)38-27-20-18-25-32-45(49)51-43-35-33-41(34-36-43)28-21-9-6-3/h41-43,47H,4-40H2,1-3H3. The van der Waals surface area contributed by atoms with Crippen LogP contribution < -0.4 is 0 Å². The number of carbonyl (C=O) groups is 2. The van der Waals surface area contributed by atoms with E-state index in [1.165, 1.54) is 116 Å². The Hall–Kier alpha value is -1.14. The maximum Gasteiger partial charge on any atom is 0.306 e. The largest absolute Gasteiger partial charge is 0.462 e. The third kappa shape index (κ3) is 29.9. The highest BCUT2D eigenvalue weighted by atomic mass is 16.5. The monoisotopic (exact) mass is 722 g/mol. The Morgan fingerprint density at radius 2 is 1.00 bits per heavy atom. The molecular weight excluding hydrogens is 634 g/mol. The van der Waals surface area contributed by atoms with Crippen molar-refractivity contribution >= 4 is 11.9 Å². The number of rotatable bonds is 37. The highest BCUT2D eigenvalue weighted by Gasteiger charge is 2.23. The fourth-order valence-corrected chi connectivity index (χ4v) is 7.85. The minimum atomic E-state index is -0.000535. The van der Waals surface area contributed by atoms with Gasteiger partial charge in [-0.05, 0) is 96.1 Å². The van der Waals surface area contributed by atoms with Crippen molar-refractivity contribution in [2.24, 2.45) is 5.92 Å². The Kier molecular flexibility index (Phi) is 33.7. The summed E-state index contributed by atoms with van der Waals surface area (Å²) in [6, 6.07) is 0. The van der Waals surface area contributed by atoms with Crippen LogP contribution in [0.2, 0.25) is 0 Å². The Balaban J connectivity index is 2.11. The molecule has 1 fully saturated rings. The van der Waals surface area contributed by atoms with Crippen LogP contribution in [0.15, 0.2) is 0 Å². The van der Waals surface area contributed by atoms with Gasteiger partial charge in [0.1, 0.15) is 12.2 Å². The Bertz CT molecular complexity index is 752. The van der Waals surface area contributed by atoms with Crippen molar-refractivity contribution in [1.29, 1.82) is 0 Å². The summed E-state index contributed by atoms with van der Waals surface area (Å²) in [5.74, 6) is 0.856. The molecule has 0 aromatic rings. The Labute approximate surface area is 317 Å². The molecule has 0 aromatic heterocycles. The lowest BCUT2D eigenvalue weighted by Gasteiger charge is -2.28. The van der Waals surface area contributed by atoms with Crippen LogP contribution >= 0.6 is 0 Å². The summed E-state index contributed by atoms with van der Waals surface area (Å²) in [5.41, 5.74) is 0. The van der Waals surface area contributed by atoms with Gasteiger partial charge in [0.2, 0.25) is 0 Å². The summed E-state index contributed by atoms with van der Waals surface area (Å²) in [6.07, 6.45) is 38.4. The molecule has 0 atom stereocenters. The van der Waals surface area contributed by atoms with Gasteiger partial charge < -0.3 is 19.5 Å². The Morgan fingerprint density at radius 3 is 1.53 bits per heavy atom. The first kappa shape index (κ1) is 47.9. The van der Waals surface area contributed by atoms with Crippen molar-refractivity contribution in [2.75, 3.05) is 26.2 Å². The molecule has 6 heteroatoms. The molecule has 51 heavy (non-hydrogen) atoms. The number of esters is 2.